The van der Waals surface area contributed by atoms with E-state index in [1.807, 2.05) is 0 Å². The largest absolute Gasteiger partial charge is 0.310 e. The molecule has 0 N–H and O–H groups in total. The molecule has 2 fully saturated rings. The number of hydrogen-bond acceptors (Lipinski definition) is 1. The van der Waals surface area contributed by atoms with Crippen molar-refractivity contribution in [2.45, 2.75) is 31.1 Å². The summed E-state index contributed by atoms with van der Waals surface area (Å²) < 4.78 is 2.38. The first-order chi connectivity index (χ1) is 25.3. The van der Waals surface area contributed by atoms with E-state index in [0.29, 0.717) is 0 Å². The smallest absolute Gasteiger partial charge is 0.0541 e. The van der Waals surface area contributed by atoms with Crippen molar-refractivity contribution in [3.63, 3.8) is 0 Å². The molecule has 0 radical (unpaired) electrons. The van der Waals surface area contributed by atoms with Crippen molar-refractivity contribution >= 4 is 38.9 Å². The van der Waals surface area contributed by atoms with Crippen molar-refractivity contribution in [1.82, 2.24) is 4.57 Å². The summed E-state index contributed by atoms with van der Waals surface area (Å²) in [6.07, 6.45) is 5.42. The van der Waals surface area contributed by atoms with Gasteiger partial charge in [0.15, 0.2) is 0 Å². The fraction of sp³-hybridized carbons (Fsp3) is 0.143. The molecule has 3 atom stereocenters. The van der Waals surface area contributed by atoms with Crippen LogP contribution in [0.25, 0.3) is 49.7 Å². The van der Waals surface area contributed by atoms with E-state index in [9.17, 15) is 0 Å². The summed E-state index contributed by atoms with van der Waals surface area (Å²) in [7, 11) is 0. The summed E-state index contributed by atoms with van der Waals surface area (Å²) in [4.78, 5) is 2.45. The number of anilines is 3. The Hall–Kier alpha value is -5.86. The van der Waals surface area contributed by atoms with Gasteiger partial charge in [-0.2, -0.15) is 0 Å². The van der Waals surface area contributed by atoms with Crippen LogP contribution in [0.2, 0.25) is 0 Å². The van der Waals surface area contributed by atoms with E-state index in [1.165, 1.54) is 92.5 Å². The van der Waals surface area contributed by atoms with Crippen molar-refractivity contribution in [2.24, 2.45) is 11.8 Å². The maximum Gasteiger partial charge on any atom is 0.0541 e. The van der Waals surface area contributed by atoms with Crippen molar-refractivity contribution in [3.05, 3.63) is 181 Å². The molecule has 2 saturated carbocycles. The standard InChI is InChI=1S/C49H38N2/c1-3-11-37(12-4-1)50(40-26-27-42-41-15-7-9-17-45(41)49(46(42)31-40)32-33-19-23-36(49)29-33)39-24-20-34(21-25-39)35-22-28-48-44(30-35)43-16-8-10-18-47(43)51(48)38-13-5-2-6-14-38/h1-18,20-22,24-28,30-31,33,36H,19,23,29,32H2. The zero-order chi connectivity index (χ0) is 33.5. The van der Waals surface area contributed by atoms with Crippen molar-refractivity contribution < 1.29 is 0 Å². The Labute approximate surface area is 299 Å². The summed E-state index contributed by atoms with van der Waals surface area (Å²) >= 11 is 0. The van der Waals surface area contributed by atoms with Crippen molar-refractivity contribution in [3.8, 4) is 27.9 Å². The highest BCUT2D eigenvalue weighted by atomic mass is 15.1. The molecule has 3 aliphatic rings. The SMILES string of the molecule is c1ccc(N(c2ccc(-c3ccc4c(c3)c3ccccc3n4-c3ccccc3)cc2)c2ccc3c(c2)C2(CC4CCC2C4)c2ccccc2-3)cc1. The van der Waals surface area contributed by atoms with Gasteiger partial charge in [-0.1, -0.05) is 110 Å². The fourth-order valence-electron chi connectivity index (χ4n) is 10.4. The zero-order valence-corrected chi connectivity index (χ0v) is 28.5. The third-order valence-corrected chi connectivity index (χ3v) is 12.4. The van der Waals surface area contributed by atoms with Gasteiger partial charge in [0.1, 0.15) is 0 Å². The molecule has 3 unspecified atom stereocenters. The van der Waals surface area contributed by atoms with Gasteiger partial charge in [0.25, 0.3) is 0 Å². The average Bonchev–Trinajstić information content (AvgIpc) is 3.96. The molecule has 11 rings (SSSR count). The molecule has 0 aliphatic heterocycles. The van der Waals surface area contributed by atoms with E-state index >= 15 is 0 Å². The third-order valence-electron chi connectivity index (χ3n) is 12.4. The summed E-state index contributed by atoms with van der Waals surface area (Å²) in [6.45, 7) is 0. The first-order valence-electron chi connectivity index (χ1n) is 18.5. The van der Waals surface area contributed by atoms with Gasteiger partial charge in [-0.05, 0) is 131 Å². The number of rotatable bonds is 5. The first-order valence-corrected chi connectivity index (χ1v) is 18.5. The molecule has 0 saturated heterocycles. The molecule has 0 amide bonds. The Bertz CT molecular complexity index is 2600. The molecule has 2 nitrogen and oxygen atoms in total. The van der Waals surface area contributed by atoms with Gasteiger partial charge in [-0.25, -0.2) is 0 Å². The van der Waals surface area contributed by atoms with Gasteiger partial charge in [0.05, 0.1) is 11.0 Å². The maximum absolute atomic E-state index is 2.55. The van der Waals surface area contributed by atoms with Gasteiger partial charge >= 0.3 is 0 Å². The van der Waals surface area contributed by atoms with E-state index in [4.69, 9.17) is 0 Å². The van der Waals surface area contributed by atoms with E-state index in [2.05, 4.69) is 179 Å². The molecule has 1 heterocycles. The molecule has 2 bridgehead atoms. The minimum atomic E-state index is 0.152. The second-order valence-electron chi connectivity index (χ2n) is 15.0. The molecule has 244 valence electrons. The fourth-order valence-corrected chi connectivity index (χ4v) is 10.4. The second-order valence-corrected chi connectivity index (χ2v) is 15.0. The lowest BCUT2D eigenvalue weighted by Crippen LogP contribution is -2.31. The second kappa shape index (κ2) is 11.1. The average molecular weight is 655 g/mol. The van der Waals surface area contributed by atoms with Crippen molar-refractivity contribution in [2.75, 3.05) is 4.90 Å². The van der Waals surface area contributed by atoms with Crippen LogP contribution in [0.4, 0.5) is 17.1 Å². The summed E-state index contributed by atoms with van der Waals surface area (Å²) in [6, 6.07) is 63.0. The first kappa shape index (κ1) is 28.9. The van der Waals surface area contributed by atoms with Crippen LogP contribution in [0.15, 0.2) is 170 Å². The van der Waals surface area contributed by atoms with Crippen LogP contribution in [-0.4, -0.2) is 4.57 Å². The number of benzene rings is 7. The lowest BCUT2D eigenvalue weighted by Gasteiger charge is -2.37. The molecular formula is C49H38N2. The van der Waals surface area contributed by atoms with E-state index in [-0.39, 0.29) is 5.41 Å². The molecule has 3 aliphatic carbocycles. The lowest BCUT2D eigenvalue weighted by atomic mass is 9.67. The Morgan fingerprint density at radius 2 is 1.16 bits per heavy atom. The van der Waals surface area contributed by atoms with Crippen LogP contribution >= 0.6 is 0 Å². The number of aromatic nitrogens is 1. The van der Waals surface area contributed by atoms with E-state index in [1.54, 1.807) is 11.1 Å². The summed E-state index contributed by atoms with van der Waals surface area (Å²) in [5.74, 6) is 1.59. The number of nitrogens with zero attached hydrogens (tertiary/aromatic N) is 2. The number of para-hydroxylation sites is 3. The molecule has 51 heavy (non-hydrogen) atoms. The van der Waals surface area contributed by atoms with Gasteiger partial charge in [0.2, 0.25) is 0 Å². The highest BCUT2D eigenvalue weighted by molar-refractivity contribution is 6.10. The Morgan fingerprint density at radius 1 is 0.490 bits per heavy atom. The monoisotopic (exact) mass is 654 g/mol. The molecule has 1 aromatic heterocycles. The van der Waals surface area contributed by atoms with Gasteiger partial charge in [-0.3, -0.25) is 0 Å². The van der Waals surface area contributed by atoms with Crippen LogP contribution in [0.1, 0.15) is 36.8 Å². The van der Waals surface area contributed by atoms with Gasteiger partial charge in [0, 0.05) is 38.9 Å². The number of fused-ring (bicyclic) bond motifs is 11. The Kier molecular flexibility index (Phi) is 6.28. The molecule has 7 aromatic carbocycles. The van der Waals surface area contributed by atoms with Crippen molar-refractivity contribution in [1.29, 1.82) is 0 Å². The number of hydrogen-bond donors (Lipinski definition) is 0. The maximum atomic E-state index is 2.55. The predicted molar refractivity (Wildman–Crippen MR) is 213 cm³/mol. The van der Waals surface area contributed by atoms with Crippen LogP contribution in [0.3, 0.4) is 0 Å². The van der Waals surface area contributed by atoms with Crippen LogP contribution in [-0.2, 0) is 5.41 Å². The molecule has 2 heteroatoms. The molecule has 8 aromatic rings. The van der Waals surface area contributed by atoms with Crippen LogP contribution < -0.4 is 4.90 Å². The van der Waals surface area contributed by atoms with Crippen LogP contribution in [0, 0.1) is 11.8 Å². The normalized spacial score (nSPS) is 19.9. The zero-order valence-electron chi connectivity index (χ0n) is 28.5. The van der Waals surface area contributed by atoms with Gasteiger partial charge in [-0.15, -0.1) is 0 Å². The Morgan fingerprint density at radius 3 is 1.96 bits per heavy atom. The molecule has 1 spiro atoms. The minimum Gasteiger partial charge on any atom is -0.310 e. The minimum absolute atomic E-state index is 0.152. The summed E-state index contributed by atoms with van der Waals surface area (Å²) in [5.41, 5.74) is 15.8. The highest BCUT2D eigenvalue weighted by Gasteiger charge is 2.56. The van der Waals surface area contributed by atoms with Gasteiger partial charge < -0.3 is 9.47 Å². The van der Waals surface area contributed by atoms with E-state index < -0.39 is 0 Å². The lowest BCUT2D eigenvalue weighted by molar-refractivity contribution is 0.327. The summed E-state index contributed by atoms with van der Waals surface area (Å²) in [5, 5.41) is 2.55. The van der Waals surface area contributed by atoms with E-state index in [0.717, 1.165) is 11.8 Å². The topological polar surface area (TPSA) is 8.17 Å². The van der Waals surface area contributed by atoms with Crippen LogP contribution in [0.5, 0.6) is 0 Å². The highest BCUT2D eigenvalue weighted by Crippen LogP contribution is 2.66. The Balaban J connectivity index is 1.01. The molecular weight excluding hydrogens is 617 g/mol. The predicted octanol–water partition coefficient (Wildman–Crippen LogP) is 13.0. The quantitative estimate of drug-likeness (QED) is 0.179. The third kappa shape index (κ3) is 4.23.